The van der Waals surface area contributed by atoms with Gasteiger partial charge in [-0.3, -0.25) is 14.5 Å². The molecule has 0 bridgehead atoms. The molecule has 0 spiro atoms. The first-order valence-corrected chi connectivity index (χ1v) is 14.5. The van der Waals surface area contributed by atoms with Gasteiger partial charge in [0.1, 0.15) is 11.6 Å². The van der Waals surface area contributed by atoms with Gasteiger partial charge in [-0.05, 0) is 67.5 Å². The lowest BCUT2D eigenvalue weighted by molar-refractivity contribution is -0.136. The van der Waals surface area contributed by atoms with E-state index < -0.39 is 5.97 Å². The SMILES string of the molecule is Cc1nc(-c2cnn(C)c2C)c(-c2ccc(OCCc3ccc(F)cc3)cc2)c(N2CCC(C)(C)CC2)c1CC(=O)O. The highest BCUT2D eigenvalue weighted by atomic mass is 19.1. The monoisotopic (exact) mass is 570 g/mol. The molecule has 220 valence electrons. The van der Waals surface area contributed by atoms with E-state index in [2.05, 4.69) is 23.8 Å². The molecule has 1 aliphatic rings. The van der Waals surface area contributed by atoms with Crippen LogP contribution >= 0.6 is 0 Å². The van der Waals surface area contributed by atoms with Gasteiger partial charge in [0.15, 0.2) is 0 Å². The van der Waals surface area contributed by atoms with Crippen molar-refractivity contribution in [2.75, 3.05) is 24.6 Å². The van der Waals surface area contributed by atoms with Crippen molar-refractivity contribution in [3.63, 3.8) is 0 Å². The van der Waals surface area contributed by atoms with Gasteiger partial charge in [-0.1, -0.05) is 38.1 Å². The van der Waals surface area contributed by atoms with Crippen molar-refractivity contribution in [3.05, 3.63) is 83.1 Å². The lowest BCUT2D eigenvalue weighted by Gasteiger charge is -2.40. The number of hydrogen-bond donors (Lipinski definition) is 1. The number of halogens is 1. The normalized spacial score (nSPS) is 14.7. The maximum absolute atomic E-state index is 13.2. The number of carbonyl (C=O) groups is 1. The van der Waals surface area contributed by atoms with Crippen LogP contribution in [-0.4, -0.2) is 45.5 Å². The quantitative estimate of drug-likeness (QED) is 0.239. The maximum atomic E-state index is 13.2. The number of hydrogen-bond acceptors (Lipinski definition) is 5. The van der Waals surface area contributed by atoms with E-state index in [9.17, 15) is 14.3 Å². The molecule has 1 N–H and O–H groups in total. The van der Waals surface area contributed by atoms with Gasteiger partial charge in [-0.15, -0.1) is 0 Å². The van der Waals surface area contributed by atoms with Crippen molar-refractivity contribution < 1.29 is 19.0 Å². The molecule has 1 fully saturated rings. The van der Waals surface area contributed by atoms with Gasteiger partial charge in [-0.2, -0.15) is 5.10 Å². The largest absolute Gasteiger partial charge is 0.493 e. The lowest BCUT2D eigenvalue weighted by atomic mass is 9.81. The first-order valence-electron chi connectivity index (χ1n) is 14.5. The second-order valence-electron chi connectivity index (χ2n) is 12.0. The lowest BCUT2D eigenvalue weighted by Crippen LogP contribution is -2.38. The van der Waals surface area contributed by atoms with E-state index in [1.54, 1.807) is 12.1 Å². The van der Waals surface area contributed by atoms with Crippen molar-refractivity contribution >= 4 is 11.7 Å². The van der Waals surface area contributed by atoms with Crippen LogP contribution < -0.4 is 9.64 Å². The van der Waals surface area contributed by atoms with E-state index >= 15 is 0 Å². The zero-order valence-electron chi connectivity index (χ0n) is 25.1. The number of anilines is 1. The van der Waals surface area contributed by atoms with Crippen LogP contribution in [0.4, 0.5) is 10.1 Å². The fourth-order valence-electron chi connectivity index (χ4n) is 5.63. The summed E-state index contributed by atoms with van der Waals surface area (Å²) in [5, 5.41) is 14.4. The summed E-state index contributed by atoms with van der Waals surface area (Å²) in [5.41, 5.74) is 8.25. The highest BCUT2D eigenvalue weighted by Gasteiger charge is 2.31. The average Bonchev–Trinajstić information content (AvgIpc) is 3.28. The molecule has 0 atom stereocenters. The molecule has 7 nitrogen and oxygen atoms in total. The van der Waals surface area contributed by atoms with E-state index in [-0.39, 0.29) is 17.7 Å². The zero-order valence-corrected chi connectivity index (χ0v) is 25.1. The third-order valence-electron chi connectivity index (χ3n) is 8.44. The van der Waals surface area contributed by atoms with Gasteiger partial charge in [-0.25, -0.2) is 4.39 Å². The smallest absolute Gasteiger partial charge is 0.307 e. The maximum Gasteiger partial charge on any atom is 0.307 e. The highest BCUT2D eigenvalue weighted by molar-refractivity contribution is 5.94. The van der Waals surface area contributed by atoms with Crippen LogP contribution in [0.15, 0.2) is 54.7 Å². The topological polar surface area (TPSA) is 80.5 Å². The number of aryl methyl sites for hydroxylation is 2. The molecule has 4 aromatic rings. The van der Waals surface area contributed by atoms with Crippen LogP contribution in [0.25, 0.3) is 22.4 Å². The molecule has 0 unspecified atom stereocenters. The van der Waals surface area contributed by atoms with Crippen LogP contribution in [0, 0.1) is 25.1 Å². The summed E-state index contributed by atoms with van der Waals surface area (Å²) in [6.45, 7) is 10.7. The number of ether oxygens (including phenoxy) is 1. The second-order valence-corrected chi connectivity index (χ2v) is 12.0. The number of rotatable bonds is 9. The number of pyridine rings is 1. The summed E-state index contributed by atoms with van der Waals surface area (Å²) in [6.07, 6.45) is 4.44. The second kappa shape index (κ2) is 12.0. The molecule has 0 aliphatic carbocycles. The Balaban J connectivity index is 1.57. The van der Waals surface area contributed by atoms with Gasteiger partial charge in [0.2, 0.25) is 0 Å². The highest BCUT2D eigenvalue weighted by Crippen LogP contribution is 2.45. The Kier molecular flexibility index (Phi) is 8.34. The molecule has 5 rings (SSSR count). The number of aromatic nitrogens is 3. The van der Waals surface area contributed by atoms with Gasteiger partial charge < -0.3 is 14.7 Å². The molecule has 0 radical (unpaired) electrons. The third kappa shape index (κ3) is 6.32. The Labute approximate surface area is 247 Å². The van der Waals surface area contributed by atoms with Crippen LogP contribution in [0.2, 0.25) is 0 Å². The van der Waals surface area contributed by atoms with Crippen molar-refractivity contribution in [1.82, 2.24) is 14.8 Å². The van der Waals surface area contributed by atoms with E-state index in [0.29, 0.717) is 13.0 Å². The fraction of sp³-hybridized carbons (Fsp3) is 0.382. The standard InChI is InChI=1S/C34H39FN4O3/c1-22-28(20-30(40)41)33(39-17-15-34(3,4)16-18-39)31(32(37-22)29-21-36-38(5)23(29)2)25-8-12-27(13-9-25)42-19-14-24-6-10-26(35)11-7-24/h6-13,21H,14-20H2,1-5H3,(H,40,41). The van der Waals surface area contributed by atoms with E-state index in [1.807, 2.05) is 56.0 Å². The van der Waals surface area contributed by atoms with Gasteiger partial charge in [0.25, 0.3) is 0 Å². The van der Waals surface area contributed by atoms with Gasteiger partial charge in [0, 0.05) is 54.6 Å². The Morgan fingerprint density at radius 3 is 2.31 bits per heavy atom. The summed E-state index contributed by atoms with van der Waals surface area (Å²) < 4.78 is 21.1. The van der Waals surface area contributed by atoms with Crippen molar-refractivity contribution in [2.45, 2.75) is 53.4 Å². The molecule has 8 heteroatoms. The summed E-state index contributed by atoms with van der Waals surface area (Å²) in [6, 6.07) is 14.4. The minimum Gasteiger partial charge on any atom is -0.493 e. The molecule has 1 saturated heterocycles. The number of aliphatic carboxylic acids is 1. The van der Waals surface area contributed by atoms with E-state index in [0.717, 1.165) is 82.3 Å². The third-order valence-corrected chi connectivity index (χ3v) is 8.44. The average molecular weight is 571 g/mol. The van der Waals surface area contributed by atoms with E-state index in [1.165, 1.54) is 12.1 Å². The number of piperidine rings is 1. The number of carboxylic acid groups (broad SMARTS) is 1. The molecular formula is C34H39FN4O3. The Bertz CT molecular complexity index is 1570. The molecule has 3 heterocycles. The summed E-state index contributed by atoms with van der Waals surface area (Å²) in [5.74, 6) is -0.396. The van der Waals surface area contributed by atoms with E-state index in [4.69, 9.17) is 9.72 Å². The number of nitrogens with zero attached hydrogens (tertiary/aromatic N) is 4. The zero-order chi connectivity index (χ0) is 30.0. The Morgan fingerprint density at radius 1 is 1.05 bits per heavy atom. The molecule has 0 saturated carbocycles. The predicted molar refractivity (Wildman–Crippen MR) is 164 cm³/mol. The van der Waals surface area contributed by atoms with Crippen molar-refractivity contribution in [1.29, 1.82) is 0 Å². The number of benzene rings is 2. The predicted octanol–water partition coefficient (Wildman–Crippen LogP) is 6.78. The van der Waals surface area contributed by atoms with Crippen LogP contribution in [0.5, 0.6) is 5.75 Å². The first-order chi connectivity index (χ1) is 20.0. The molecule has 1 aliphatic heterocycles. The molecule has 42 heavy (non-hydrogen) atoms. The van der Waals surface area contributed by atoms with Crippen LogP contribution in [0.1, 0.15) is 49.2 Å². The van der Waals surface area contributed by atoms with Crippen molar-refractivity contribution in [3.8, 4) is 28.1 Å². The molecule has 2 aromatic heterocycles. The molecule has 0 amide bonds. The van der Waals surface area contributed by atoms with Crippen molar-refractivity contribution in [2.24, 2.45) is 12.5 Å². The minimum absolute atomic E-state index is 0.0993. The summed E-state index contributed by atoms with van der Waals surface area (Å²) >= 11 is 0. The first kappa shape index (κ1) is 29.3. The van der Waals surface area contributed by atoms with Gasteiger partial charge in [0.05, 0.1) is 30.6 Å². The number of carboxylic acids is 1. The van der Waals surface area contributed by atoms with Crippen LogP contribution in [-0.2, 0) is 24.7 Å². The fourth-order valence-corrected chi connectivity index (χ4v) is 5.63. The van der Waals surface area contributed by atoms with Gasteiger partial charge >= 0.3 is 5.97 Å². The summed E-state index contributed by atoms with van der Waals surface area (Å²) in [4.78, 5) is 19.5. The minimum atomic E-state index is -0.875. The Hall–Kier alpha value is -4.20. The summed E-state index contributed by atoms with van der Waals surface area (Å²) in [7, 11) is 1.91. The molecular weight excluding hydrogens is 531 g/mol. The Morgan fingerprint density at radius 2 is 1.71 bits per heavy atom. The molecule has 2 aromatic carbocycles. The van der Waals surface area contributed by atoms with Crippen LogP contribution in [0.3, 0.4) is 0 Å².